The van der Waals surface area contributed by atoms with E-state index >= 15 is 0 Å². The normalized spacial score (nSPS) is 22.6. The topological polar surface area (TPSA) is 26.0 Å². The largest absolute Gasteiger partial charge is 0.328 e. The van der Waals surface area contributed by atoms with Gasteiger partial charge in [-0.05, 0) is 43.2 Å². The van der Waals surface area contributed by atoms with E-state index in [1.54, 1.807) is 0 Å². The molecule has 0 amide bonds. The van der Waals surface area contributed by atoms with Crippen molar-refractivity contribution in [1.29, 1.82) is 0 Å². The summed E-state index contributed by atoms with van der Waals surface area (Å²) in [5.74, 6) is 0.621. The van der Waals surface area contributed by atoms with Gasteiger partial charge in [0, 0.05) is 11.5 Å². The highest BCUT2D eigenvalue weighted by Crippen LogP contribution is 2.49. The van der Waals surface area contributed by atoms with E-state index in [1.807, 2.05) is 0 Å². The lowest BCUT2D eigenvalue weighted by Crippen LogP contribution is -2.29. The summed E-state index contributed by atoms with van der Waals surface area (Å²) in [5.41, 5.74) is 9.21. The Morgan fingerprint density at radius 3 is 1.85 bits per heavy atom. The molecule has 0 bridgehead atoms. The second kappa shape index (κ2) is 5.41. The summed E-state index contributed by atoms with van der Waals surface area (Å²) < 4.78 is 0. The summed E-state index contributed by atoms with van der Waals surface area (Å²) in [6.07, 6.45) is 3.59. The maximum Gasteiger partial charge on any atom is 0.0206 e. The van der Waals surface area contributed by atoms with E-state index in [-0.39, 0.29) is 11.5 Å². The number of nitrogens with two attached hydrogens (primary N) is 1. The molecule has 2 atom stereocenters. The van der Waals surface area contributed by atoms with Crippen LogP contribution in [0.15, 0.2) is 60.7 Å². The average Bonchev–Trinajstić information content (AvgIpc) is 2.96. The molecule has 1 fully saturated rings. The molecule has 0 heterocycles. The highest BCUT2D eigenvalue weighted by molar-refractivity contribution is 5.40. The summed E-state index contributed by atoms with van der Waals surface area (Å²) >= 11 is 0. The molecule has 1 aliphatic carbocycles. The Labute approximate surface area is 121 Å². The van der Waals surface area contributed by atoms with Gasteiger partial charge in [-0.1, -0.05) is 60.7 Å². The molecule has 0 spiro atoms. The van der Waals surface area contributed by atoms with E-state index in [9.17, 15) is 0 Å². The summed E-state index contributed by atoms with van der Waals surface area (Å²) in [7, 11) is 0. The third-order valence-electron chi connectivity index (χ3n) is 4.95. The van der Waals surface area contributed by atoms with Crippen LogP contribution in [0.2, 0.25) is 0 Å². The molecule has 0 radical (unpaired) electrons. The standard InChI is InChI=1S/C19H23N/c1-15(20)16-12-13-19(14-16,17-8-4-2-5-9-17)18-10-6-3-7-11-18/h2-11,15-16H,12-14,20H2,1H3. The van der Waals surface area contributed by atoms with Crippen LogP contribution in [0, 0.1) is 5.92 Å². The number of rotatable bonds is 3. The van der Waals surface area contributed by atoms with E-state index < -0.39 is 0 Å². The predicted molar refractivity (Wildman–Crippen MR) is 84.7 cm³/mol. The second-order valence-corrected chi connectivity index (χ2v) is 6.18. The quantitative estimate of drug-likeness (QED) is 0.887. The van der Waals surface area contributed by atoms with Crippen LogP contribution in [0.4, 0.5) is 0 Å². The van der Waals surface area contributed by atoms with Crippen LogP contribution >= 0.6 is 0 Å². The molecule has 1 saturated carbocycles. The fourth-order valence-electron chi connectivity index (χ4n) is 3.74. The fraction of sp³-hybridized carbons (Fsp3) is 0.368. The van der Waals surface area contributed by atoms with Crippen molar-refractivity contribution in [2.45, 2.75) is 37.6 Å². The van der Waals surface area contributed by atoms with Crippen molar-refractivity contribution in [3.63, 3.8) is 0 Å². The van der Waals surface area contributed by atoms with Gasteiger partial charge in [-0.25, -0.2) is 0 Å². The Balaban J connectivity index is 2.06. The molecule has 2 aromatic rings. The molecular formula is C19H23N. The van der Waals surface area contributed by atoms with Crippen molar-refractivity contribution < 1.29 is 0 Å². The average molecular weight is 265 g/mol. The second-order valence-electron chi connectivity index (χ2n) is 6.18. The van der Waals surface area contributed by atoms with Gasteiger partial charge < -0.3 is 5.73 Å². The van der Waals surface area contributed by atoms with Crippen molar-refractivity contribution in [2.75, 3.05) is 0 Å². The molecule has 0 aliphatic heterocycles. The first kappa shape index (κ1) is 13.4. The molecule has 1 nitrogen and oxygen atoms in total. The first-order valence-electron chi connectivity index (χ1n) is 7.59. The summed E-state index contributed by atoms with van der Waals surface area (Å²) in [4.78, 5) is 0. The van der Waals surface area contributed by atoms with Gasteiger partial charge >= 0.3 is 0 Å². The number of benzene rings is 2. The van der Waals surface area contributed by atoms with Crippen molar-refractivity contribution in [1.82, 2.24) is 0 Å². The summed E-state index contributed by atoms with van der Waals surface area (Å²) in [6, 6.07) is 22.2. The maximum atomic E-state index is 6.17. The molecule has 2 N–H and O–H groups in total. The van der Waals surface area contributed by atoms with Gasteiger partial charge in [0.1, 0.15) is 0 Å². The SMILES string of the molecule is CC(N)C1CCC(c2ccccc2)(c2ccccc2)C1. The number of hydrogen-bond donors (Lipinski definition) is 1. The lowest BCUT2D eigenvalue weighted by molar-refractivity contribution is 0.426. The van der Waals surface area contributed by atoms with Gasteiger partial charge in [0.05, 0.1) is 0 Å². The highest BCUT2D eigenvalue weighted by Gasteiger charge is 2.42. The zero-order chi connectivity index (χ0) is 14.0. The molecule has 1 heteroatoms. The molecule has 1 aliphatic rings. The van der Waals surface area contributed by atoms with Crippen molar-refractivity contribution in [2.24, 2.45) is 11.7 Å². The Morgan fingerprint density at radius 1 is 0.950 bits per heavy atom. The Bertz CT molecular complexity index is 505. The van der Waals surface area contributed by atoms with Crippen LogP contribution in [0.5, 0.6) is 0 Å². The minimum atomic E-state index is 0.154. The van der Waals surface area contributed by atoms with E-state index in [1.165, 1.54) is 30.4 Å². The van der Waals surface area contributed by atoms with Crippen LogP contribution in [-0.2, 0) is 5.41 Å². The van der Waals surface area contributed by atoms with Gasteiger partial charge in [-0.2, -0.15) is 0 Å². The Morgan fingerprint density at radius 2 is 1.45 bits per heavy atom. The molecule has 2 unspecified atom stereocenters. The maximum absolute atomic E-state index is 6.17. The molecule has 0 aromatic heterocycles. The van der Waals surface area contributed by atoms with Gasteiger partial charge in [0.15, 0.2) is 0 Å². The lowest BCUT2D eigenvalue weighted by atomic mass is 9.72. The molecule has 2 aromatic carbocycles. The molecular weight excluding hydrogens is 242 g/mol. The summed E-state index contributed by atoms with van der Waals surface area (Å²) in [6.45, 7) is 2.15. The Hall–Kier alpha value is -1.60. The fourth-order valence-corrected chi connectivity index (χ4v) is 3.74. The van der Waals surface area contributed by atoms with Gasteiger partial charge in [0.25, 0.3) is 0 Å². The lowest BCUT2D eigenvalue weighted by Gasteiger charge is -2.31. The van der Waals surface area contributed by atoms with E-state index in [2.05, 4.69) is 67.6 Å². The van der Waals surface area contributed by atoms with Crippen LogP contribution < -0.4 is 5.73 Å². The zero-order valence-electron chi connectivity index (χ0n) is 12.1. The van der Waals surface area contributed by atoms with Crippen LogP contribution in [0.1, 0.15) is 37.3 Å². The van der Waals surface area contributed by atoms with E-state index in [0.29, 0.717) is 5.92 Å². The van der Waals surface area contributed by atoms with Crippen molar-refractivity contribution in [3.8, 4) is 0 Å². The van der Waals surface area contributed by atoms with E-state index in [0.717, 1.165) is 0 Å². The first-order valence-corrected chi connectivity index (χ1v) is 7.59. The van der Waals surface area contributed by atoms with Gasteiger partial charge in [-0.15, -0.1) is 0 Å². The third kappa shape index (κ3) is 2.27. The zero-order valence-corrected chi connectivity index (χ0v) is 12.1. The monoisotopic (exact) mass is 265 g/mol. The van der Waals surface area contributed by atoms with Crippen molar-refractivity contribution in [3.05, 3.63) is 71.8 Å². The van der Waals surface area contributed by atoms with Gasteiger partial charge in [0.2, 0.25) is 0 Å². The summed E-state index contributed by atoms with van der Waals surface area (Å²) in [5, 5.41) is 0. The molecule has 3 rings (SSSR count). The van der Waals surface area contributed by atoms with Gasteiger partial charge in [-0.3, -0.25) is 0 Å². The molecule has 0 saturated heterocycles. The van der Waals surface area contributed by atoms with Crippen molar-refractivity contribution >= 4 is 0 Å². The molecule has 104 valence electrons. The number of hydrogen-bond acceptors (Lipinski definition) is 1. The minimum Gasteiger partial charge on any atom is -0.328 e. The molecule has 20 heavy (non-hydrogen) atoms. The Kier molecular flexibility index (Phi) is 3.62. The third-order valence-corrected chi connectivity index (χ3v) is 4.95. The van der Waals surface area contributed by atoms with Crippen LogP contribution in [0.25, 0.3) is 0 Å². The van der Waals surface area contributed by atoms with E-state index in [4.69, 9.17) is 5.73 Å². The smallest absolute Gasteiger partial charge is 0.0206 e. The van der Waals surface area contributed by atoms with Crippen LogP contribution in [-0.4, -0.2) is 6.04 Å². The minimum absolute atomic E-state index is 0.154. The predicted octanol–water partition coefficient (Wildman–Crippen LogP) is 4.12. The first-order chi connectivity index (χ1) is 9.72. The highest BCUT2D eigenvalue weighted by atomic mass is 14.7. The van der Waals surface area contributed by atoms with Crippen LogP contribution in [0.3, 0.4) is 0 Å².